The number of benzene rings is 4. The molecule has 4 aromatic carbocycles. The second kappa shape index (κ2) is 11.1. The molecule has 0 aliphatic carbocycles. The van der Waals surface area contributed by atoms with Gasteiger partial charge in [0.2, 0.25) is 0 Å². The van der Waals surface area contributed by atoms with E-state index in [1.165, 1.54) is 28.0 Å². The fourth-order valence-corrected chi connectivity index (χ4v) is 5.73. The van der Waals surface area contributed by atoms with Crippen LogP contribution in [0.4, 0.5) is 5.69 Å². The Balaban J connectivity index is 1.36. The van der Waals surface area contributed by atoms with Crippen molar-refractivity contribution in [2.24, 2.45) is 4.99 Å². The molecule has 6 heteroatoms. The Bertz CT molecular complexity index is 1950. The molecule has 1 unspecified atom stereocenters. The first-order chi connectivity index (χ1) is 21.1. The molecule has 0 radical (unpaired) electrons. The van der Waals surface area contributed by atoms with Crippen LogP contribution in [0.5, 0.6) is 0 Å². The molecule has 0 bridgehead atoms. The van der Waals surface area contributed by atoms with Gasteiger partial charge in [-0.05, 0) is 54.4 Å². The average Bonchev–Trinajstić information content (AvgIpc) is 3.40. The molecule has 1 aliphatic rings. The number of nitrogens with zero attached hydrogens (tertiary/aromatic N) is 3. The fraction of sp³-hybridized carbons (Fsp3) is 0.108. The summed E-state index contributed by atoms with van der Waals surface area (Å²) in [6.07, 6.45) is 3.28. The number of pyridine rings is 1. The fourth-order valence-electron chi connectivity index (χ4n) is 5.73. The van der Waals surface area contributed by atoms with Crippen LogP contribution in [0.25, 0.3) is 38.9 Å². The van der Waals surface area contributed by atoms with Crippen molar-refractivity contribution in [2.45, 2.75) is 25.8 Å². The second-order valence-electron chi connectivity index (χ2n) is 11.0. The van der Waals surface area contributed by atoms with Gasteiger partial charge in [-0.1, -0.05) is 80.6 Å². The van der Waals surface area contributed by atoms with Gasteiger partial charge in [0.1, 0.15) is 11.9 Å². The van der Waals surface area contributed by atoms with E-state index in [2.05, 4.69) is 114 Å². The lowest BCUT2D eigenvalue weighted by Crippen LogP contribution is -2.43. The summed E-state index contributed by atoms with van der Waals surface area (Å²) in [5.74, 6) is 1.00. The third-order valence-electron chi connectivity index (χ3n) is 7.92. The molecule has 0 saturated heterocycles. The summed E-state index contributed by atoms with van der Waals surface area (Å²) in [6.45, 7) is 4.28. The lowest BCUT2D eigenvalue weighted by atomic mass is 10.0. The van der Waals surface area contributed by atoms with Crippen LogP contribution in [0.15, 0.2) is 126 Å². The number of para-hydroxylation sites is 3. The van der Waals surface area contributed by atoms with Crippen molar-refractivity contribution in [3.8, 4) is 5.69 Å². The van der Waals surface area contributed by atoms with E-state index in [0.29, 0.717) is 11.8 Å². The SMILES string of the molecule is CC(C)c1ccc(C2=C(c3ccc(-n4c5ccccc5c5ccccc54)cc3)N=C(Nc3ccccc3)C(C=N)N2)cn1. The van der Waals surface area contributed by atoms with Gasteiger partial charge in [-0.25, -0.2) is 4.99 Å². The smallest absolute Gasteiger partial charge is 0.135 e. The van der Waals surface area contributed by atoms with Gasteiger partial charge in [0.05, 0.1) is 22.4 Å². The summed E-state index contributed by atoms with van der Waals surface area (Å²) < 4.78 is 2.31. The summed E-state index contributed by atoms with van der Waals surface area (Å²) in [5, 5.41) is 17.7. The topological polar surface area (TPSA) is 78.1 Å². The molecular formula is C37H32N6. The number of fused-ring (bicyclic) bond motifs is 3. The number of aromatic nitrogens is 2. The van der Waals surface area contributed by atoms with Crippen LogP contribution in [0.1, 0.15) is 36.6 Å². The predicted molar refractivity (Wildman–Crippen MR) is 179 cm³/mol. The van der Waals surface area contributed by atoms with Crippen molar-refractivity contribution in [1.29, 1.82) is 5.41 Å². The number of aliphatic imine (C=N–C) groups is 1. The molecule has 0 saturated carbocycles. The molecule has 1 atom stereocenters. The van der Waals surface area contributed by atoms with Crippen molar-refractivity contribution < 1.29 is 0 Å². The number of anilines is 1. The molecule has 0 fully saturated rings. The molecule has 43 heavy (non-hydrogen) atoms. The van der Waals surface area contributed by atoms with E-state index in [1.807, 2.05) is 36.5 Å². The summed E-state index contributed by atoms with van der Waals surface area (Å²) in [5.41, 5.74) is 8.93. The van der Waals surface area contributed by atoms with Gasteiger partial charge in [0.15, 0.2) is 0 Å². The Morgan fingerprint density at radius 2 is 1.40 bits per heavy atom. The Hall–Kier alpha value is -5.49. The Labute approximate surface area is 251 Å². The van der Waals surface area contributed by atoms with Crippen LogP contribution in [-0.4, -0.2) is 27.6 Å². The lowest BCUT2D eigenvalue weighted by molar-refractivity contribution is 0.821. The third-order valence-corrected chi connectivity index (χ3v) is 7.92. The molecule has 6 aromatic rings. The van der Waals surface area contributed by atoms with Gasteiger partial charge in [0, 0.05) is 51.4 Å². The zero-order valence-corrected chi connectivity index (χ0v) is 24.1. The molecule has 3 N–H and O–H groups in total. The zero-order chi connectivity index (χ0) is 29.3. The summed E-state index contributed by atoms with van der Waals surface area (Å²) >= 11 is 0. The largest absolute Gasteiger partial charge is 0.368 e. The van der Waals surface area contributed by atoms with Crippen molar-refractivity contribution in [3.63, 3.8) is 0 Å². The molecule has 0 spiro atoms. The van der Waals surface area contributed by atoms with Gasteiger partial charge in [-0.3, -0.25) is 4.98 Å². The number of hydrogen-bond donors (Lipinski definition) is 3. The minimum atomic E-state index is -0.416. The van der Waals surface area contributed by atoms with Gasteiger partial charge in [0.25, 0.3) is 0 Å². The normalized spacial score (nSPS) is 15.0. The molecular weight excluding hydrogens is 528 g/mol. The number of nitrogens with one attached hydrogen (secondary N) is 3. The highest BCUT2D eigenvalue weighted by atomic mass is 15.1. The third kappa shape index (κ3) is 4.87. The van der Waals surface area contributed by atoms with Crippen molar-refractivity contribution in [1.82, 2.24) is 14.9 Å². The van der Waals surface area contributed by atoms with Crippen LogP contribution in [0, 0.1) is 5.41 Å². The molecule has 2 aromatic heterocycles. The molecule has 3 heterocycles. The van der Waals surface area contributed by atoms with E-state index in [4.69, 9.17) is 15.4 Å². The van der Waals surface area contributed by atoms with E-state index >= 15 is 0 Å². The van der Waals surface area contributed by atoms with Gasteiger partial charge in [-0.15, -0.1) is 0 Å². The van der Waals surface area contributed by atoms with E-state index in [0.717, 1.165) is 39.6 Å². The maximum Gasteiger partial charge on any atom is 0.135 e. The Kier molecular flexibility index (Phi) is 6.79. The Morgan fingerprint density at radius 3 is 2.00 bits per heavy atom. The van der Waals surface area contributed by atoms with Crippen LogP contribution >= 0.6 is 0 Å². The first kappa shape index (κ1) is 26.4. The molecule has 7 rings (SSSR count). The van der Waals surface area contributed by atoms with Crippen LogP contribution < -0.4 is 10.6 Å². The molecule has 6 nitrogen and oxygen atoms in total. The van der Waals surface area contributed by atoms with Gasteiger partial charge in [-0.2, -0.15) is 0 Å². The van der Waals surface area contributed by atoms with Crippen LogP contribution in [0.3, 0.4) is 0 Å². The maximum atomic E-state index is 8.20. The van der Waals surface area contributed by atoms with E-state index in [9.17, 15) is 0 Å². The highest BCUT2D eigenvalue weighted by Crippen LogP contribution is 2.34. The Morgan fingerprint density at radius 1 is 0.767 bits per heavy atom. The predicted octanol–water partition coefficient (Wildman–Crippen LogP) is 8.26. The molecule has 1 aliphatic heterocycles. The standard InChI is InChI=1S/C37H32N6/c1-24(2)31-21-18-26(23-39-31)36-35(42-37(32(22-38)41-36)40-27-10-4-3-5-11-27)25-16-19-28(20-17-25)43-33-14-8-6-12-29(33)30-13-7-9-15-34(30)43/h3-24,32,38,41H,1-2H3,(H,40,42). The minimum Gasteiger partial charge on any atom is -0.368 e. The lowest BCUT2D eigenvalue weighted by Gasteiger charge is -2.28. The first-order valence-corrected chi connectivity index (χ1v) is 14.6. The number of rotatable bonds is 6. The van der Waals surface area contributed by atoms with E-state index in [1.54, 1.807) is 0 Å². The number of hydrogen-bond acceptors (Lipinski definition) is 5. The van der Waals surface area contributed by atoms with E-state index < -0.39 is 6.04 Å². The first-order valence-electron chi connectivity index (χ1n) is 14.6. The van der Waals surface area contributed by atoms with Crippen LogP contribution in [0.2, 0.25) is 0 Å². The molecule has 210 valence electrons. The van der Waals surface area contributed by atoms with Crippen molar-refractivity contribution in [3.05, 3.63) is 138 Å². The highest BCUT2D eigenvalue weighted by Gasteiger charge is 2.25. The van der Waals surface area contributed by atoms with Crippen molar-refractivity contribution in [2.75, 3.05) is 5.32 Å². The quantitative estimate of drug-likeness (QED) is 0.179. The van der Waals surface area contributed by atoms with Gasteiger partial charge < -0.3 is 20.6 Å². The van der Waals surface area contributed by atoms with Crippen molar-refractivity contribution >= 4 is 50.9 Å². The van der Waals surface area contributed by atoms with E-state index in [-0.39, 0.29) is 0 Å². The van der Waals surface area contributed by atoms with Crippen LogP contribution in [-0.2, 0) is 0 Å². The highest BCUT2D eigenvalue weighted by molar-refractivity contribution is 6.15. The monoisotopic (exact) mass is 560 g/mol. The maximum absolute atomic E-state index is 8.20. The summed E-state index contributed by atoms with van der Waals surface area (Å²) in [4.78, 5) is 9.87. The minimum absolute atomic E-state index is 0.337. The number of amidine groups is 1. The average molecular weight is 561 g/mol. The van der Waals surface area contributed by atoms with Gasteiger partial charge >= 0.3 is 0 Å². The summed E-state index contributed by atoms with van der Waals surface area (Å²) in [6, 6.07) is 39.3. The zero-order valence-electron chi connectivity index (χ0n) is 24.1. The summed E-state index contributed by atoms with van der Waals surface area (Å²) in [7, 11) is 0. The second-order valence-corrected chi connectivity index (χ2v) is 11.0. The molecule has 0 amide bonds.